The maximum atomic E-state index is 13.5. The highest BCUT2D eigenvalue weighted by Crippen LogP contribution is 2.23. The number of carbonyl (C=O) groups is 1. The van der Waals surface area contributed by atoms with Crippen LogP contribution in [0.5, 0.6) is 5.75 Å². The molecule has 0 atom stereocenters. The third kappa shape index (κ3) is 3.20. The third-order valence-corrected chi connectivity index (χ3v) is 2.94. The van der Waals surface area contributed by atoms with Crippen LogP contribution in [0.15, 0.2) is 30.3 Å². The van der Waals surface area contributed by atoms with Crippen LogP contribution in [0.25, 0.3) is 0 Å². The Morgan fingerprint density at radius 2 is 1.82 bits per heavy atom. The molecule has 0 saturated carbocycles. The highest BCUT2D eigenvalue weighted by molar-refractivity contribution is 6.04. The van der Waals surface area contributed by atoms with E-state index >= 15 is 0 Å². The largest absolute Gasteiger partial charge is 0.496 e. The number of nitrogens with one attached hydrogen (secondary N) is 1. The summed E-state index contributed by atoms with van der Waals surface area (Å²) in [5.41, 5.74) is -0.291. The third-order valence-electron chi connectivity index (χ3n) is 2.94. The molecule has 116 valence electrons. The standard InChI is InChI=1S/C15H12F3NO3/c1-22-13-3-2-10(4-8(13)7-20)19-15(21)14-11(17)5-9(16)6-12(14)18/h2-6,20H,7H2,1H3,(H,19,21). The zero-order valence-corrected chi connectivity index (χ0v) is 11.5. The van der Waals surface area contributed by atoms with E-state index in [1.807, 2.05) is 0 Å². The van der Waals surface area contributed by atoms with Gasteiger partial charge in [0.15, 0.2) is 0 Å². The minimum absolute atomic E-state index is 0.206. The van der Waals surface area contributed by atoms with E-state index < -0.39 is 28.9 Å². The van der Waals surface area contributed by atoms with Gasteiger partial charge >= 0.3 is 0 Å². The molecule has 7 heteroatoms. The predicted octanol–water partition coefficient (Wildman–Crippen LogP) is 2.86. The van der Waals surface area contributed by atoms with Crippen LogP contribution in [0.3, 0.4) is 0 Å². The van der Waals surface area contributed by atoms with Crippen LogP contribution < -0.4 is 10.1 Å². The minimum Gasteiger partial charge on any atom is -0.496 e. The molecule has 0 aliphatic heterocycles. The average Bonchev–Trinajstić information content (AvgIpc) is 2.45. The molecule has 0 saturated heterocycles. The Hall–Kier alpha value is -2.54. The quantitative estimate of drug-likeness (QED) is 0.913. The molecule has 4 nitrogen and oxygen atoms in total. The first kappa shape index (κ1) is 15.8. The molecule has 2 aromatic rings. The first-order chi connectivity index (χ1) is 10.5. The fourth-order valence-corrected chi connectivity index (χ4v) is 1.93. The number of hydrogen-bond acceptors (Lipinski definition) is 3. The normalized spacial score (nSPS) is 10.4. The number of aliphatic hydroxyl groups is 1. The number of hydrogen-bond donors (Lipinski definition) is 2. The van der Waals surface area contributed by atoms with Crippen molar-refractivity contribution < 1.29 is 27.8 Å². The molecule has 2 rings (SSSR count). The molecule has 0 bridgehead atoms. The van der Waals surface area contributed by atoms with Crippen LogP contribution in [0.4, 0.5) is 18.9 Å². The monoisotopic (exact) mass is 311 g/mol. The van der Waals surface area contributed by atoms with E-state index in [0.717, 1.165) is 0 Å². The lowest BCUT2D eigenvalue weighted by Gasteiger charge is -2.11. The van der Waals surface area contributed by atoms with Crippen LogP contribution in [0.2, 0.25) is 0 Å². The van der Waals surface area contributed by atoms with Gasteiger partial charge in [0.25, 0.3) is 5.91 Å². The van der Waals surface area contributed by atoms with Crippen molar-refractivity contribution in [3.63, 3.8) is 0 Å². The van der Waals surface area contributed by atoms with E-state index in [2.05, 4.69) is 5.32 Å². The Morgan fingerprint density at radius 1 is 1.18 bits per heavy atom. The van der Waals surface area contributed by atoms with Gasteiger partial charge in [-0.25, -0.2) is 13.2 Å². The van der Waals surface area contributed by atoms with Gasteiger partial charge < -0.3 is 15.2 Å². The lowest BCUT2D eigenvalue weighted by atomic mass is 10.1. The van der Waals surface area contributed by atoms with E-state index in [0.29, 0.717) is 23.4 Å². The topological polar surface area (TPSA) is 58.6 Å². The second-order valence-corrected chi connectivity index (χ2v) is 4.38. The first-order valence-electron chi connectivity index (χ1n) is 6.20. The van der Waals surface area contributed by atoms with Crippen LogP contribution in [0.1, 0.15) is 15.9 Å². The Kier molecular flexibility index (Phi) is 4.67. The highest BCUT2D eigenvalue weighted by Gasteiger charge is 2.19. The molecular weight excluding hydrogens is 299 g/mol. The van der Waals surface area contributed by atoms with E-state index in [4.69, 9.17) is 4.74 Å². The van der Waals surface area contributed by atoms with Gasteiger partial charge in [-0.3, -0.25) is 4.79 Å². The van der Waals surface area contributed by atoms with Gasteiger partial charge in [-0.05, 0) is 18.2 Å². The van der Waals surface area contributed by atoms with Gasteiger partial charge in [0.05, 0.1) is 13.7 Å². The summed E-state index contributed by atoms with van der Waals surface area (Å²) in [4.78, 5) is 11.9. The summed E-state index contributed by atoms with van der Waals surface area (Å²) in [5.74, 6) is -4.38. The Morgan fingerprint density at radius 3 is 2.36 bits per heavy atom. The van der Waals surface area contributed by atoms with Crippen molar-refractivity contribution in [1.82, 2.24) is 0 Å². The average molecular weight is 311 g/mol. The van der Waals surface area contributed by atoms with E-state index in [-0.39, 0.29) is 12.3 Å². The molecule has 1 amide bonds. The molecule has 0 radical (unpaired) electrons. The lowest BCUT2D eigenvalue weighted by molar-refractivity contribution is 0.101. The Balaban J connectivity index is 2.30. The smallest absolute Gasteiger partial charge is 0.261 e. The molecule has 0 aliphatic carbocycles. The van der Waals surface area contributed by atoms with Crippen molar-refractivity contribution >= 4 is 11.6 Å². The zero-order chi connectivity index (χ0) is 16.3. The molecule has 0 heterocycles. The maximum Gasteiger partial charge on any atom is 0.261 e. The summed E-state index contributed by atoms with van der Waals surface area (Å²) in [5, 5.41) is 11.5. The Labute approximate surface area is 124 Å². The number of rotatable bonds is 4. The van der Waals surface area contributed by atoms with Crippen molar-refractivity contribution in [1.29, 1.82) is 0 Å². The van der Waals surface area contributed by atoms with Crippen molar-refractivity contribution in [2.24, 2.45) is 0 Å². The molecule has 0 aliphatic rings. The number of carbonyl (C=O) groups excluding carboxylic acids is 1. The summed E-state index contributed by atoms with van der Waals surface area (Å²) >= 11 is 0. The Bertz CT molecular complexity index is 696. The summed E-state index contributed by atoms with van der Waals surface area (Å²) in [6.07, 6.45) is 0. The molecule has 0 unspecified atom stereocenters. The number of halogens is 3. The van der Waals surface area contributed by atoms with E-state index in [1.54, 1.807) is 0 Å². The molecule has 2 aromatic carbocycles. The van der Waals surface area contributed by atoms with E-state index in [9.17, 15) is 23.1 Å². The molecule has 0 spiro atoms. The molecule has 22 heavy (non-hydrogen) atoms. The van der Waals surface area contributed by atoms with Crippen molar-refractivity contribution in [3.05, 3.63) is 58.9 Å². The van der Waals surface area contributed by atoms with Crippen LogP contribution in [0, 0.1) is 17.5 Å². The number of anilines is 1. The van der Waals surface area contributed by atoms with Crippen molar-refractivity contribution in [2.75, 3.05) is 12.4 Å². The van der Waals surface area contributed by atoms with Crippen molar-refractivity contribution in [2.45, 2.75) is 6.61 Å². The molecule has 0 fully saturated rings. The second kappa shape index (κ2) is 6.48. The first-order valence-corrected chi connectivity index (χ1v) is 6.20. The number of ether oxygens (including phenoxy) is 1. The number of aliphatic hydroxyl groups excluding tert-OH is 1. The van der Waals surface area contributed by atoms with Crippen LogP contribution >= 0.6 is 0 Å². The fraction of sp³-hybridized carbons (Fsp3) is 0.133. The lowest BCUT2D eigenvalue weighted by Crippen LogP contribution is -2.16. The summed E-state index contributed by atoms with van der Waals surface area (Å²) in [6, 6.07) is 5.17. The number of amides is 1. The van der Waals surface area contributed by atoms with Gasteiger partial charge in [-0.2, -0.15) is 0 Å². The van der Waals surface area contributed by atoms with Gasteiger partial charge in [0, 0.05) is 23.4 Å². The van der Waals surface area contributed by atoms with Gasteiger partial charge in [0.2, 0.25) is 0 Å². The van der Waals surface area contributed by atoms with E-state index in [1.165, 1.54) is 25.3 Å². The van der Waals surface area contributed by atoms with Crippen LogP contribution in [-0.2, 0) is 6.61 Å². The maximum absolute atomic E-state index is 13.5. The highest BCUT2D eigenvalue weighted by atomic mass is 19.1. The molecular formula is C15H12F3NO3. The fourth-order valence-electron chi connectivity index (χ4n) is 1.93. The summed E-state index contributed by atoms with van der Waals surface area (Å²) in [6.45, 7) is -0.341. The summed E-state index contributed by atoms with van der Waals surface area (Å²) in [7, 11) is 1.41. The minimum atomic E-state index is -1.30. The summed E-state index contributed by atoms with van der Waals surface area (Å²) < 4.78 is 44.9. The van der Waals surface area contributed by atoms with Gasteiger partial charge in [-0.15, -0.1) is 0 Å². The predicted molar refractivity (Wildman–Crippen MR) is 73.2 cm³/mol. The molecule has 0 aromatic heterocycles. The zero-order valence-electron chi connectivity index (χ0n) is 11.5. The molecule has 2 N–H and O–H groups in total. The SMILES string of the molecule is COc1ccc(NC(=O)c2c(F)cc(F)cc2F)cc1CO. The second-order valence-electron chi connectivity index (χ2n) is 4.38. The van der Waals surface area contributed by atoms with Crippen molar-refractivity contribution in [3.8, 4) is 5.75 Å². The van der Waals surface area contributed by atoms with Gasteiger partial charge in [-0.1, -0.05) is 0 Å². The number of methoxy groups -OCH3 is 1. The van der Waals surface area contributed by atoms with Crippen LogP contribution in [-0.4, -0.2) is 18.1 Å². The number of benzene rings is 2. The van der Waals surface area contributed by atoms with Gasteiger partial charge in [0.1, 0.15) is 28.8 Å².